The highest BCUT2D eigenvalue weighted by Gasteiger charge is 2.60. The predicted octanol–water partition coefficient (Wildman–Crippen LogP) is -10.8. The van der Waals surface area contributed by atoms with Crippen LogP contribution in [0.5, 0.6) is 0 Å². The first-order valence-corrected chi connectivity index (χ1v) is 39.8. The summed E-state index contributed by atoms with van der Waals surface area (Å²) in [5.74, 6) is -7.00. The number of carbonyl (C=O) groups is 4. The van der Waals surface area contributed by atoms with E-state index in [1.807, 2.05) is 0 Å². The molecule has 7 saturated heterocycles. The van der Waals surface area contributed by atoms with Crippen LogP contribution in [0.4, 0.5) is 0 Å². The van der Waals surface area contributed by atoms with Crippen molar-refractivity contribution in [2.24, 2.45) is 29.6 Å². The van der Waals surface area contributed by atoms with Crippen LogP contribution in [0, 0.1) is 29.6 Å². The molecule has 0 aromatic heterocycles. The van der Waals surface area contributed by atoms with E-state index in [2.05, 4.69) is 0 Å². The number of Topliss-reactive ketones (excluding diaryl/α,β-unsaturated/α-hetero) is 1. The molecular weight excluding hydrogens is 1550 g/mol. The van der Waals surface area contributed by atoms with E-state index in [1.165, 1.54) is 6.08 Å². The Labute approximate surface area is 658 Å². The lowest BCUT2D eigenvalue weighted by Crippen LogP contribution is -2.65. The van der Waals surface area contributed by atoms with Crippen LogP contribution in [-0.4, -0.2) is 419 Å². The van der Waals surface area contributed by atoms with Crippen LogP contribution in [0.3, 0.4) is 0 Å². The summed E-state index contributed by atoms with van der Waals surface area (Å²) in [5.41, 5.74) is 0. The molecule has 12 aliphatic rings. The van der Waals surface area contributed by atoms with Crippen LogP contribution in [-0.2, 0) is 90.2 Å². The average molecular weight is 1660 g/mol. The molecule has 0 radical (unpaired) electrons. The Morgan fingerprint density at radius 2 is 0.765 bits per heavy atom. The molecule has 115 heavy (non-hydrogen) atoms. The molecule has 0 aromatic carbocycles. The van der Waals surface area contributed by atoms with Crippen LogP contribution >= 0.6 is 0 Å². The molecule has 12 fully saturated rings. The summed E-state index contributed by atoms with van der Waals surface area (Å²) < 4.78 is 88.6. The van der Waals surface area contributed by atoms with E-state index >= 15 is 0 Å². The van der Waals surface area contributed by atoms with Gasteiger partial charge in [0, 0.05) is 37.7 Å². The Hall–Kier alpha value is -3.58. The molecule has 42 heteroatoms. The molecule has 7 heterocycles. The minimum atomic E-state index is -1.96. The highest BCUT2D eigenvalue weighted by molar-refractivity contribution is 5.88. The van der Waals surface area contributed by atoms with Crippen molar-refractivity contribution >= 4 is 23.7 Å². The van der Waals surface area contributed by atoms with Gasteiger partial charge in [-0.15, -0.1) is 0 Å². The number of hydrogen-bond acceptors (Lipinski definition) is 42. The average Bonchev–Trinajstić information content (AvgIpc) is 0.750. The monoisotopic (exact) mass is 1660 g/mol. The zero-order valence-electron chi connectivity index (χ0n) is 62.7. The lowest BCUT2D eigenvalue weighted by atomic mass is 9.72. The fraction of sp³-hybridized carbons (Fsp3) is 0.918. The Morgan fingerprint density at radius 1 is 0.357 bits per heavy atom. The number of rotatable bonds is 25. The number of aliphatic hydroxyl groups excluding tert-OH is 23. The van der Waals surface area contributed by atoms with E-state index in [9.17, 15) is 137 Å². The molecule has 42 nitrogen and oxygen atoms in total. The van der Waals surface area contributed by atoms with E-state index in [4.69, 9.17) is 71.1 Å². The zero-order chi connectivity index (χ0) is 82.9. The third-order valence-corrected chi connectivity index (χ3v) is 25.0. The summed E-state index contributed by atoms with van der Waals surface area (Å²) in [4.78, 5) is 53.7. The maximum atomic E-state index is 14.7. The molecule has 39 unspecified atom stereocenters. The minimum absolute atomic E-state index is 0.0343. The molecular formula is C73H114O42. The van der Waals surface area contributed by atoms with Crippen LogP contribution < -0.4 is 0 Å². The van der Waals surface area contributed by atoms with Crippen LogP contribution in [0.2, 0.25) is 0 Å². The molecule has 0 amide bonds. The topological polar surface area (TPSA) is 672 Å². The number of allylic oxidation sites excluding steroid dienone is 1. The first-order valence-electron chi connectivity index (χ1n) is 39.8. The van der Waals surface area contributed by atoms with E-state index in [1.54, 1.807) is 6.08 Å². The summed E-state index contributed by atoms with van der Waals surface area (Å²) in [5, 5.41) is 248. The Kier molecular flexibility index (Phi) is 31.3. The lowest BCUT2D eigenvalue weighted by Gasteiger charge is -2.52. The van der Waals surface area contributed by atoms with Crippen molar-refractivity contribution in [1.82, 2.24) is 0 Å². The van der Waals surface area contributed by atoms with Gasteiger partial charge in [0.25, 0.3) is 0 Å². The number of carbonyl (C=O) groups excluding carboxylic acids is 4. The zero-order valence-corrected chi connectivity index (χ0v) is 62.7. The van der Waals surface area contributed by atoms with Gasteiger partial charge in [-0.1, -0.05) is 6.08 Å². The van der Waals surface area contributed by atoms with Crippen LogP contribution in [0.15, 0.2) is 12.2 Å². The molecule has 39 atom stereocenters. The SMILES string of the molecule is O=C(C=CC1CCC(O)CC1)OCC1OC(OC2CC3C(O)CC(OC4OC(COC(=O)CCC(=O)OCC5OC(OC6CCC(C7OC8CC(OC9OC(CO)C(O)C(O)C9O)CC(O)C8C(=O)C7OC7OC(CO)C(O)C(O)C7O)CC6)C(O)C(O)C5O)C(O)C(O)C4O)CC3OC2C2CC(O)C(O)C(O)C2)C(O)C(O)C1O. The Morgan fingerprint density at radius 3 is 1.24 bits per heavy atom. The molecule has 0 spiro atoms. The number of esters is 3. The second-order valence-electron chi connectivity index (χ2n) is 32.8. The molecule has 5 aliphatic carbocycles. The van der Waals surface area contributed by atoms with Crippen molar-refractivity contribution in [2.75, 3.05) is 33.0 Å². The highest BCUT2D eigenvalue weighted by Crippen LogP contribution is 2.47. The molecule has 7 aliphatic heterocycles. The van der Waals surface area contributed by atoms with Gasteiger partial charge in [-0.25, -0.2) is 4.79 Å². The summed E-state index contributed by atoms with van der Waals surface area (Å²) in [6, 6.07) is 0. The fourth-order valence-corrected chi connectivity index (χ4v) is 18.2. The first-order chi connectivity index (χ1) is 54.7. The first kappa shape index (κ1) is 90.6. The van der Waals surface area contributed by atoms with Gasteiger partial charge >= 0.3 is 17.9 Å². The third-order valence-electron chi connectivity index (χ3n) is 25.0. The van der Waals surface area contributed by atoms with Crippen molar-refractivity contribution in [1.29, 1.82) is 0 Å². The molecule has 23 N–H and O–H groups in total. The quantitative estimate of drug-likeness (QED) is 0.0229. The van der Waals surface area contributed by atoms with Gasteiger partial charge in [-0.2, -0.15) is 0 Å². The second kappa shape index (κ2) is 39.7. The largest absolute Gasteiger partial charge is 0.463 e. The van der Waals surface area contributed by atoms with Gasteiger partial charge in [-0.3, -0.25) is 14.4 Å². The molecule has 5 saturated carbocycles. The number of ether oxygens (including phenoxy) is 15. The summed E-state index contributed by atoms with van der Waals surface area (Å²) in [6.07, 6.45) is -57.3. The number of ketones is 1. The Balaban J connectivity index is 0.606. The summed E-state index contributed by atoms with van der Waals surface area (Å²) in [6.45, 7) is -3.69. The molecule has 0 aromatic rings. The molecule has 658 valence electrons. The van der Waals surface area contributed by atoms with Crippen molar-refractivity contribution in [3.63, 3.8) is 0 Å². The van der Waals surface area contributed by atoms with Crippen molar-refractivity contribution in [2.45, 2.75) is 354 Å². The number of hydrogen-bond donors (Lipinski definition) is 23. The third kappa shape index (κ3) is 20.9. The van der Waals surface area contributed by atoms with Crippen molar-refractivity contribution < 1.29 is 208 Å². The van der Waals surface area contributed by atoms with E-state index in [0.717, 1.165) is 0 Å². The second-order valence-corrected chi connectivity index (χ2v) is 32.8. The van der Waals surface area contributed by atoms with Crippen molar-refractivity contribution in [3.05, 3.63) is 12.2 Å². The normalized spacial score (nSPS) is 50.0. The highest BCUT2D eigenvalue weighted by atomic mass is 16.8. The minimum Gasteiger partial charge on any atom is -0.463 e. The van der Waals surface area contributed by atoms with E-state index in [-0.39, 0.29) is 76.5 Å². The standard InChI is InChI=1S/C73H114O42/c74-20-40-50(85)56(91)61(96)70(110-40)106-31-16-34(78)48-38(18-31)108-67(68(55(48)90)115-73-65(100)57(92)51(86)41(21-75)111-73)26-4-8-29(9-5-26)104-69-62(97)58(93)52(87)42(112-69)22-102-46(82)11-12-47(83)103-23-43-53(88)59(94)63(98)71(113-43)105-30-15-33(77)32-19-39(66(107-37(32)17-30)27-13-35(79)49(84)36(80)14-27)109-72-64(99)60(95)54(89)44(114-72)24-101-45(81)10-3-25-1-6-28(76)7-2-25/h3,10,25-44,48-54,56-80,84-89,91-100H,1-2,4-9,11-24H2. The lowest BCUT2D eigenvalue weighted by molar-refractivity contribution is -0.339. The van der Waals surface area contributed by atoms with Gasteiger partial charge in [0.2, 0.25) is 0 Å². The van der Waals surface area contributed by atoms with E-state index in [0.29, 0.717) is 25.7 Å². The fourth-order valence-electron chi connectivity index (χ4n) is 18.2. The van der Waals surface area contributed by atoms with E-state index < -0.39 is 338 Å². The van der Waals surface area contributed by atoms with Crippen LogP contribution in [0.1, 0.15) is 109 Å². The van der Waals surface area contributed by atoms with Crippen molar-refractivity contribution in [3.8, 4) is 0 Å². The van der Waals surface area contributed by atoms with Gasteiger partial charge in [0.1, 0.15) is 154 Å². The summed E-state index contributed by atoms with van der Waals surface area (Å²) in [7, 11) is 0. The number of aliphatic hydroxyl groups is 23. The summed E-state index contributed by atoms with van der Waals surface area (Å²) >= 11 is 0. The number of fused-ring (bicyclic) bond motifs is 2. The maximum Gasteiger partial charge on any atom is 0.330 e. The molecule has 0 bridgehead atoms. The van der Waals surface area contributed by atoms with Crippen LogP contribution in [0.25, 0.3) is 0 Å². The van der Waals surface area contributed by atoms with Gasteiger partial charge in [-0.05, 0) is 88.4 Å². The Bertz CT molecular complexity index is 3130. The van der Waals surface area contributed by atoms with Gasteiger partial charge < -0.3 is 189 Å². The smallest absolute Gasteiger partial charge is 0.330 e. The maximum absolute atomic E-state index is 14.7. The van der Waals surface area contributed by atoms with Gasteiger partial charge in [0.05, 0.1) is 111 Å². The predicted molar refractivity (Wildman–Crippen MR) is 368 cm³/mol. The van der Waals surface area contributed by atoms with Gasteiger partial charge in [0.15, 0.2) is 37.2 Å². The molecule has 12 rings (SSSR count).